The molecule has 3 rings (SSSR count). The number of nitrogens with one attached hydrogen (secondary N) is 1. The summed E-state index contributed by atoms with van der Waals surface area (Å²) in [5.41, 5.74) is 2.02. The molecule has 0 spiro atoms. The van der Waals surface area contributed by atoms with Crippen LogP contribution in [-0.4, -0.2) is 15.0 Å². The molecule has 2 aromatic heterocycles. The number of hydrogen-bond donors (Lipinski definition) is 1. The SMILES string of the molecule is O=c1[nH]c(-c2ccc3ncccc3c2)ncc1CCl. The number of benzene rings is 1. The summed E-state index contributed by atoms with van der Waals surface area (Å²) in [6, 6.07) is 9.57. The second kappa shape index (κ2) is 4.82. The summed E-state index contributed by atoms with van der Waals surface area (Å²) in [4.78, 5) is 22.9. The molecule has 0 aliphatic rings. The van der Waals surface area contributed by atoms with E-state index in [4.69, 9.17) is 11.6 Å². The average Bonchev–Trinajstić information content (AvgIpc) is 2.46. The number of aromatic nitrogens is 3. The highest BCUT2D eigenvalue weighted by molar-refractivity contribution is 6.17. The Morgan fingerprint density at radius 2 is 2.11 bits per heavy atom. The molecule has 3 aromatic rings. The van der Waals surface area contributed by atoms with Gasteiger partial charge in [0.15, 0.2) is 0 Å². The molecule has 0 amide bonds. The molecule has 0 fully saturated rings. The summed E-state index contributed by atoms with van der Waals surface area (Å²) in [6.07, 6.45) is 3.26. The Hall–Kier alpha value is -2.20. The van der Waals surface area contributed by atoms with Crippen molar-refractivity contribution in [3.63, 3.8) is 0 Å². The fourth-order valence-corrected chi connectivity index (χ4v) is 2.08. The Bertz CT molecular complexity index is 798. The lowest BCUT2D eigenvalue weighted by Crippen LogP contribution is -2.13. The molecule has 94 valence electrons. The Morgan fingerprint density at radius 1 is 1.21 bits per heavy atom. The van der Waals surface area contributed by atoms with Crippen LogP contribution >= 0.6 is 11.6 Å². The van der Waals surface area contributed by atoms with E-state index in [0.29, 0.717) is 11.4 Å². The van der Waals surface area contributed by atoms with Crippen molar-refractivity contribution in [3.8, 4) is 11.4 Å². The van der Waals surface area contributed by atoms with Crippen molar-refractivity contribution in [1.29, 1.82) is 0 Å². The van der Waals surface area contributed by atoms with Crippen LogP contribution in [0.3, 0.4) is 0 Å². The fourth-order valence-electron chi connectivity index (χ4n) is 1.89. The van der Waals surface area contributed by atoms with Gasteiger partial charge in [0.2, 0.25) is 0 Å². The number of alkyl halides is 1. The minimum Gasteiger partial charge on any atom is -0.306 e. The molecule has 2 heterocycles. The van der Waals surface area contributed by atoms with Crippen LogP contribution in [0, 0.1) is 0 Å². The summed E-state index contributed by atoms with van der Waals surface area (Å²) >= 11 is 5.64. The highest BCUT2D eigenvalue weighted by atomic mass is 35.5. The summed E-state index contributed by atoms with van der Waals surface area (Å²) < 4.78 is 0. The van der Waals surface area contributed by atoms with Crippen LogP contribution < -0.4 is 5.56 Å². The van der Waals surface area contributed by atoms with Gasteiger partial charge in [0, 0.05) is 23.3 Å². The Labute approximate surface area is 114 Å². The lowest BCUT2D eigenvalue weighted by molar-refractivity contribution is 1.07. The number of aromatic amines is 1. The molecule has 0 aliphatic heterocycles. The van der Waals surface area contributed by atoms with Gasteiger partial charge in [-0.05, 0) is 24.3 Å². The summed E-state index contributed by atoms with van der Waals surface area (Å²) in [6.45, 7) is 0. The lowest BCUT2D eigenvalue weighted by Gasteiger charge is -2.03. The van der Waals surface area contributed by atoms with Gasteiger partial charge in [0.05, 0.1) is 17.0 Å². The first kappa shape index (κ1) is 11.9. The van der Waals surface area contributed by atoms with Crippen LogP contribution in [0.5, 0.6) is 0 Å². The molecular weight excluding hydrogens is 262 g/mol. The minimum absolute atomic E-state index is 0.157. The van der Waals surface area contributed by atoms with E-state index < -0.39 is 0 Å². The van der Waals surface area contributed by atoms with Gasteiger partial charge in [-0.2, -0.15) is 0 Å². The molecule has 4 nitrogen and oxygen atoms in total. The molecule has 0 aliphatic carbocycles. The van der Waals surface area contributed by atoms with Crippen molar-refractivity contribution < 1.29 is 0 Å². The largest absolute Gasteiger partial charge is 0.306 e. The van der Waals surface area contributed by atoms with Gasteiger partial charge < -0.3 is 4.98 Å². The third-order valence-corrected chi connectivity index (χ3v) is 3.18. The van der Waals surface area contributed by atoms with Crippen LogP contribution in [0.15, 0.2) is 47.5 Å². The number of halogens is 1. The van der Waals surface area contributed by atoms with E-state index in [-0.39, 0.29) is 11.4 Å². The van der Waals surface area contributed by atoms with E-state index in [0.717, 1.165) is 16.5 Å². The standard InChI is InChI=1S/C14H10ClN3O/c15-7-11-8-17-13(18-14(11)19)10-3-4-12-9(6-10)2-1-5-16-12/h1-6,8H,7H2,(H,17,18,19). The topological polar surface area (TPSA) is 58.6 Å². The molecule has 0 saturated carbocycles. The zero-order chi connectivity index (χ0) is 13.2. The van der Waals surface area contributed by atoms with Crippen LogP contribution in [0.25, 0.3) is 22.3 Å². The summed E-state index contributed by atoms with van der Waals surface area (Å²) in [7, 11) is 0. The molecule has 1 N–H and O–H groups in total. The predicted octanol–water partition coefficient (Wildman–Crippen LogP) is 2.72. The van der Waals surface area contributed by atoms with Gasteiger partial charge in [-0.1, -0.05) is 6.07 Å². The van der Waals surface area contributed by atoms with Crippen LogP contribution in [0.1, 0.15) is 5.56 Å². The number of fused-ring (bicyclic) bond motifs is 1. The second-order valence-corrected chi connectivity index (χ2v) is 4.40. The first-order chi connectivity index (χ1) is 9.28. The highest BCUT2D eigenvalue weighted by Crippen LogP contribution is 2.19. The van der Waals surface area contributed by atoms with Crippen molar-refractivity contribution in [3.05, 3.63) is 58.6 Å². The van der Waals surface area contributed by atoms with Gasteiger partial charge in [-0.15, -0.1) is 11.6 Å². The van der Waals surface area contributed by atoms with E-state index in [2.05, 4.69) is 15.0 Å². The number of hydrogen-bond acceptors (Lipinski definition) is 3. The van der Waals surface area contributed by atoms with E-state index in [1.165, 1.54) is 6.20 Å². The first-order valence-corrected chi connectivity index (χ1v) is 6.31. The average molecular weight is 272 g/mol. The molecule has 1 aromatic carbocycles. The van der Waals surface area contributed by atoms with E-state index >= 15 is 0 Å². The van der Waals surface area contributed by atoms with Crippen molar-refractivity contribution in [2.45, 2.75) is 5.88 Å². The van der Waals surface area contributed by atoms with Crippen molar-refractivity contribution in [1.82, 2.24) is 15.0 Å². The number of nitrogens with zero attached hydrogens (tertiary/aromatic N) is 2. The zero-order valence-corrected chi connectivity index (χ0v) is 10.7. The van der Waals surface area contributed by atoms with Crippen LogP contribution in [0.2, 0.25) is 0 Å². The normalized spacial score (nSPS) is 10.8. The molecule has 0 radical (unpaired) electrons. The van der Waals surface area contributed by atoms with Crippen LogP contribution in [-0.2, 0) is 5.88 Å². The predicted molar refractivity (Wildman–Crippen MR) is 75.2 cm³/mol. The van der Waals surface area contributed by atoms with Crippen molar-refractivity contribution in [2.75, 3.05) is 0 Å². The molecule has 5 heteroatoms. The fraction of sp³-hybridized carbons (Fsp3) is 0.0714. The Balaban J connectivity index is 2.13. The summed E-state index contributed by atoms with van der Waals surface area (Å²) in [5, 5.41) is 1.00. The van der Waals surface area contributed by atoms with Crippen molar-refractivity contribution >= 4 is 22.5 Å². The maximum atomic E-state index is 11.7. The van der Waals surface area contributed by atoms with Gasteiger partial charge in [0.25, 0.3) is 5.56 Å². The maximum absolute atomic E-state index is 11.7. The molecule has 0 bridgehead atoms. The van der Waals surface area contributed by atoms with E-state index in [1.54, 1.807) is 6.20 Å². The third-order valence-electron chi connectivity index (χ3n) is 2.89. The molecule has 19 heavy (non-hydrogen) atoms. The maximum Gasteiger partial charge on any atom is 0.255 e. The first-order valence-electron chi connectivity index (χ1n) is 5.77. The lowest BCUT2D eigenvalue weighted by atomic mass is 10.1. The van der Waals surface area contributed by atoms with E-state index in [1.807, 2.05) is 30.3 Å². The Morgan fingerprint density at radius 3 is 2.89 bits per heavy atom. The minimum atomic E-state index is -0.203. The quantitative estimate of drug-likeness (QED) is 0.729. The van der Waals surface area contributed by atoms with Gasteiger partial charge in [0.1, 0.15) is 5.82 Å². The zero-order valence-electron chi connectivity index (χ0n) is 9.93. The monoisotopic (exact) mass is 271 g/mol. The molecular formula is C14H10ClN3O. The molecule has 0 atom stereocenters. The van der Waals surface area contributed by atoms with Crippen molar-refractivity contribution in [2.24, 2.45) is 0 Å². The van der Waals surface area contributed by atoms with Gasteiger partial charge in [-0.3, -0.25) is 9.78 Å². The Kier molecular flexibility index (Phi) is 3.01. The summed E-state index contributed by atoms with van der Waals surface area (Å²) in [5.74, 6) is 0.689. The number of pyridine rings is 1. The third kappa shape index (κ3) is 2.22. The molecule has 0 saturated heterocycles. The van der Waals surface area contributed by atoms with Gasteiger partial charge >= 0.3 is 0 Å². The number of rotatable bonds is 2. The van der Waals surface area contributed by atoms with Gasteiger partial charge in [-0.25, -0.2) is 4.98 Å². The molecule has 0 unspecified atom stereocenters. The smallest absolute Gasteiger partial charge is 0.255 e. The van der Waals surface area contributed by atoms with E-state index in [9.17, 15) is 4.79 Å². The second-order valence-electron chi connectivity index (χ2n) is 4.13. The van der Waals surface area contributed by atoms with Crippen LogP contribution in [0.4, 0.5) is 0 Å². The highest BCUT2D eigenvalue weighted by Gasteiger charge is 2.05. The number of H-pyrrole nitrogens is 1.